The Morgan fingerprint density at radius 2 is 1.74 bits per heavy atom. The van der Waals surface area contributed by atoms with Crippen molar-refractivity contribution in [2.45, 2.75) is 18.2 Å². The fraction of sp³-hybridized carbons (Fsp3) is 0.455. The molecule has 2 N–H and O–H groups in total. The minimum Gasteiger partial charge on any atom is -0.398 e. The van der Waals surface area contributed by atoms with Crippen LogP contribution in [-0.4, -0.2) is 34.1 Å². The van der Waals surface area contributed by atoms with Crippen molar-refractivity contribution in [1.82, 2.24) is 0 Å². The molecule has 19 heavy (non-hydrogen) atoms. The van der Waals surface area contributed by atoms with Crippen molar-refractivity contribution < 1.29 is 21.2 Å². The minimum atomic E-state index is -3.83. The van der Waals surface area contributed by atoms with Crippen molar-refractivity contribution in [3.63, 3.8) is 0 Å². The van der Waals surface area contributed by atoms with Crippen molar-refractivity contribution in [2.75, 3.05) is 23.0 Å². The highest BCUT2D eigenvalue weighted by atomic mass is 32.2. The van der Waals surface area contributed by atoms with E-state index >= 15 is 0 Å². The van der Waals surface area contributed by atoms with Gasteiger partial charge in [-0.15, -0.1) is 0 Å². The van der Waals surface area contributed by atoms with Gasteiger partial charge >= 0.3 is 0 Å². The molecule has 1 aromatic carbocycles. The van der Waals surface area contributed by atoms with Gasteiger partial charge in [-0.1, -0.05) is 6.92 Å². The molecule has 8 heteroatoms. The number of nitrogens with two attached hydrogens (primary N) is 1. The molecular weight excluding hydrogens is 293 g/mol. The first-order valence-electron chi connectivity index (χ1n) is 5.66. The summed E-state index contributed by atoms with van der Waals surface area (Å²) in [5.74, 6) is -1.71. The maximum Gasteiger partial charge on any atom is 0.181 e. The number of nitrogen functional groups attached to an aromatic ring is 1. The predicted octanol–water partition coefficient (Wildman–Crippen LogP) is 1.01. The standard InChI is InChI=1S/C11H16FNO4S2/c1-2-5-18(14,15)6-7-19(16,17)11-4-3-9(12)8-10(11)13/h3-4,8H,2,5-7,13H2,1H3. The molecule has 108 valence electrons. The molecule has 0 saturated heterocycles. The fourth-order valence-electron chi connectivity index (χ4n) is 1.56. The number of halogens is 1. The van der Waals surface area contributed by atoms with Crippen LogP contribution in [0.15, 0.2) is 23.1 Å². The Balaban J connectivity index is 2.94. The number of benzene rings is 1. The first-order chi connectivity index (χ1) is 8.68. The zero-order chi connectivity index (χ0) is 14.7. The normalized spacial score (nSPS) is 12.5. The van der Waals surface area contributed by atoms with Crippen molar-refractivity contribution in [3.05, 3.63) is 24.0 Å². The van der Waals surface area contributed by atoms with Crippen LogP contribution in [0.25, 0.3) is 0 Å². The summed E-state index contributed by atoms with van der Waals surface area (Å²) in [6.45, 7) is 1.70. The van der Waals surface area contributed by atoms with Gasteiger partial charge in [-0.25, -0.2) is 21.2 Å². The fourth-order valence-corrected chi connectivity index (χ4v) is 5.20. The van der Waals surface area contributed by atoms with Crippen molar-refractivity contribution in [3.8, 4) is 0 Å². The molecule has 0 saturated carbocycles. The summed E-state index contributed by atoms with van der Waals surface area (Å²) in [5, 5.41) is 0. The zero-order valence-electron chi connectivity index (χ0n) is 10.5. The van der Waals surface area contributed by atoms with E-state index in [1.807, 2.05) is 0 Å². The molecule has 0 amide bonds. The van der Waals surface area contributed by atoms with E-state index in [4.69, 9.17) is 5.73 Å². The molecule has 0 atom stereocenters. The lowest BCUT2D eigenvalue weighted by Gasteiger charge is -2.08. The van der Waals surface area contributed by atoms with E-state index in [9.17, 15) is 21.2 Å². The van der Waals surface area contributed by atoms with Crippen LogP contribution in [0.4, 0.5) is 10.1 Å². The Morgan fingerprint density at radius 3 is 2.26 bits per heavy atom. The maximum atomic E-state index is 12.8. The van der Waals surface area contributed by atoms with Crippen LogP contribution in [0.2, 0.25) is 0 Å². The molecule has 0 aromatic heterocycles. The summed E-state index contributed by atoms with van der Waals surface area (Å²) < 4.78 is 59.7. The summed E-state index contributed by atoms with van der Waals surface area (Å²) in [7, 11) is -7.22. The first-order valence-corrected chi connectivity index (χ1v) is 9.13. The maximum absolute atomic E-state index is 12.8. The zero-order valence-corrected chi connectivity index (χ0v) is 12.1. The molecule has 0 fully saturated rings. The number of anilines is 1. The highest BCUT2D eigenvalue weighted by Gasteiger charge is 2.21. The molecule has 0 aliphatic rings. The summed E-state index contributed by atoms with van der Waals surface area (Å²) in [6, 6.07) is 2.92. The van der Waals surface area contributed by atoms with Crippen LogP contribution >= 0.6 is 0 Å². The third-order valence-electron chi connectivity index (χ3n) is 2.49. The van der Waals surface area contributed by atoms with Gasteiger partial charge in [0.2, 0.25) is 0 Å². The largest absolute Gasteiger partial charge is 0.398 e. The quantitative estimate of drug-likeness (QED) is 0.625. The Bertz CT molecular complexity index is 653. The summed E-state index contributed by atoms with van der Waals surface area (Å²) >= 11 is 0. The van der Waals surface area contributed by atoms with Crippen LogP contribution in [-0.2, 0) is 19.7 Å². The predicted molar refractivity (Wildman–Crippen MR) is 71.8 cm³/mol. The molecule has 5 nitrogen and oxygen atoms in total. The van der Waals surface area contributed by atoms with E-state index in [0.29, 0.717) is 6.42 Å². The number of hydrogen-bond acceptors (Lipinski definition) is 5. The highest BCUT2D eigenvalue weighted by molar-refractivity contribution is 7.95. The summed E-state index contributed by atoms with van der Waals surface area (Å²) in [6.07, 6.45) is 0.432. The monoisotopic (exact) mass is 309 g/mol. The molecule has 0 aliphatic heterocycles. The van der Waals surface area contributed by atoms with E-state index in [0.717, 1.165) is 18.2 Å². The van der Waals surface area contributed by atoms with E-state index in [1.54, 1.807) is 6.92 Å². The lowest BCUT2D eigenvalue weighted by Crippen LogP contribution is -2.20. The Kier molecular flexibility index (Phi) is 4.92. The van der Waals surface area contributed by atoms with Gasteiger partial charge in [0.05, 0.1) is 22.1 Å². The molecule has 0 spiro atoms. The van der Waals surface area contributed by atoms with Crippen LogP contribution in [0, 0.1) is 5.82 Å². The smallest absolute Gasteiger partial charge is 0.181 e. The van der Waals surface area contributed by atoms with Gasteiger partial charge < -0.3 is 5.73 Å². The second-order valence-corrected chi connectivity index (χ2v) is 8.53. The van der Waals surface area contributed by atoms with Crippen LogP contribution < -0.4 is 5.73 Å². The Morgan fingerprint density at radius 1 is 1.11 bits per heavy atom. The van der Waals surface area contributed by atoms with E-state index < -0.39 is 37.0 Å². The number of sulfone groups is 2. The molecule has 0 bridgehead atoms. The van der Waals surface area contributed by atoms with Gasteiger partial charge in [0.25, 0.3) is 0 Å². The third-order valence-corrected chi connectivity index (χ3v) is 6.38. The molecule has 0 aliphatic carbocycles. The summed E-state index contributed by atoms with van der Waals surface area (Å²) in [5.41, 5.74) is 5.22. The van der Waals surface area contributed by atoms with Gasteiger partial charge in [0, 0.05) is 5.75 Å². The third kappa shape index (κ3) is 4.46. The second kappa shape index (κ2) is 5.87. The molecule has 1 aromatic rings. The average Bonchev–Trinajstić information content (AvgIpc) is 2.26. The molecule has 0 heterocycles. The molecular formula is C11H16FNO4S2. The van der Waals surface area contributed by atoms with Gasteiger partial charge in [-0.3, -0.25) is 0 Å². The minimum absolute atomic E-state index is 0.0541. The van der Waals surface area contributed by atoms with Crippen molar-refractivity contribution in [2.24, 2.45) is 0 Å². The van der Waals surface area contributed by atoms with E-state index in [1.165, 1.54) is 0 Å². The van der Waals surface area contributed by atoms with Crippen LogP contribution in [0.1, 0.15) is 13.3 Å². The molecule has 0 radical (unpaired) electrons. The van der Waals surface area contributed by atoms with Gasteiger partial charge in [-0.2, -0.15) is 0 Å². The molecule has 0 unspecified atom stereocenters. The average molecular weight is 309 g/mol. The topological polar surface area (TPSA) is 94.3 Å². The van der Waals surface area contributed by atoms with E-state index in [2.05, 4.69) is 0 Å². The Hall–Kier alpha value is -1.15. The number of hydrogen-bond donors (Lipinski definition) is 1. The number of rotatable bonds is 6. The Labute approximate surface area is 112 Å². The van der Waals surface area contributed by atoms with E-state index in [-0.39, 0.29) is 16.3 Å². The van der Waals surface area contributed by atoms with Crippen LogP contribution in [0.5, 0.6) is 0 Å². The molecule has 1 rings (SSSR count). The lowest BCUT2D eigenvalue weighted by molar-refractivity contribution is 0.586. The van der Waals surface area contributed by atoms with Gasteiger partial charge in [0.15, 0.2) is 19.7 Å². The second-order valence-electron chi connectivity index (χ2n) is 4.15. The van der Waals surface area contributed by atoms with Crippen LogP contribution in [0.3, 0.4) is 0 Å². The SMILES string of the molecule is CCCS(=O)(=O)CCS(=O)(=O)c1ccc(F)cc1N. The lowest BCUT2D eigenvalue weighted by atomic mass is 10.3. The highest BCUT2D eigenvalue weighted by Crippen LogP contribution is 2.20. The van der Waals surface area contributed by atoms with Crippen molar-refractivity contribution >= 4 is 25.4 Å². The van der Waals surface area contributed by atoms with Crippen molar-refractivity contribution in [1.29, 1.82) is 0 Å². The van der Waals surface area contributed by atoms with Gasteiger partial charge in [0.1, 0.15) is 5.82 Å². The van der Waals surface area contributed by atoms with Gasteiger partial charge in [-0.05, 0) is 24.6 Å². The summed E-state index contributed by atoms with van der Waals surface area (Å²) in [4.78, 5) is -0.236. The first kappa shape index (κ1) is 15.9.